The van der Waals surface area contributed by atoms with E-state index in [1.165, 1.54) is 78.1 Å². The number of rotatable bonds is 33. The Morgan fingerprint density at radius 3 is 2.09 bits per heavy atom. The van der Waals surface area contributed by atoms with E-state index in [4.69, 9.17) is 19.5 Å². The summed E-state index contributed by atoms with van der Waals surface area (Å²) in [6.07, 6.45) is 9.53. The zero-order valence-electron chi connectivity index (χ0n) is 37.0. The lowest BCUT2D eigenvalue weighted by Gasteiger charge is -2.30. The summed E-state index contributed by atoms with van der Waals surface area (Å²) in [5.41, 5.74) is 4.29. The van der Waals surface area contributed by atoms with Crippen molar-refractivity contribution >= 4 is 69.1 Å². The van der Waals surface area contributed by atoms with E-state index >= 15 is 0 Å². The van der Waals surface area contributed by atoms with E-state index in [-0.39, 0.29) is 41.6 Å². The van der Waals surface area contributed by atoms with Crippen LogP contribution in [0.5, 0.6) is 0 Å². The van der Waals surface area contributed by atoms with Gasteiger partial charge in [-0.2, -0.15) is 4.31 Å². The fourth-order valence-corrected chi connectivity index (χ4v) is 10.2. The summed E-state index contributed by atoms with van der Waals surface area (Å²) in [5.74, 6) is -1.02. The van der Waals surface area contributed by atoms with Crippen molar-refractivity contribution in [2.75, 3.05) is 37.8 Å². The molecule has 372 valence electrons. The fourth-order valence-electron chi connectivity index (χ4n) is 6.65. The number of aliphatic hydroxyl groups is 2. The summed E-state index contributed by atoms with van der Waals surface area (Å²) in [6.45, 7) is 2.81. The summed E-state index contributed by atoms with van der Waals surface area (Å²) >= 11 is 1.15. The molecule has 1 aliphatic heterocycles. The minimum Gasteiger partial charge on any atom is -0.386 e. The molecular weight excluding hydrogens is 939 g/mol. The third-order valence-electron chi connectivity index (χ3n) is 10.2. The number of amides is 2. The Morgan fingerprint density at radius 1 is 0.877 bits per heavy atom. The van der Waals surface area contributed by atoms with E-state index < -0.39 is 84.6 Å². The molecule has 7 atom stereocenters. The second-order valence-corrected chi connectivity index (χ2v) is 21.7. The highest BCUT2D eigenvalue weighted by Crippen LogP contribution is 2.61. The maximum absolute atomic E-state index is 12.7. The highest BCUT2D eigenvalue weighted by Gasteiger charge is 2.50. The number of nitrogens with zero attached hydrogens (tertiary/aromatic N) is 4. The van der Waals surface area contributed by atoms with Crippen LogP contribution in [-0.4, -0.2) is 123 Å². The molecule has 1 saturated heterocycles. The van der Waals surface area contributed by atoms with Gasteiger partial charge >= 0.3 is 23.5 Å². The van der Waals surface area contributed by atoms with Gasteiger partial charge in [0.2, 0.25) is 11.8 Å². The van der Waals surface area contributed by atoms with Gasteiger partial charge < -0.3 is 50.9 Å². The molecule has 0 spiro atoms. The van der Waals surface area contributed by atoms with Crippen molar-refractivity contribution in [3.8, 4) is 0 Å². The molecule has 2 amide bonds. The van der Waals surface area contributed by atoms with Crippen LogP contribution in [0.25, 0.3) is 11.2 Å². The number of phosphoric ester groups is 3. The first-order valence-corrected chi connectivity index (χ1v) is 27.1. The lowest BCUT2D eigenvalue weighted by Crippen LogP contribution is -2.46. The van der Waals surface area contributed by atoms with Gasteiger partial charge in [-0.15, -0.1) is 0 Å². The van der Waals surface area contributed by atoms with E-state index in [1.807, 2.05) is 0 Å². The van der Waals surface area contributed by atoms with Crippen LogP contribution in [0.3, 0.4) is 0 Å². The molecule has 24 nitrogen and oxygen atoms in total. The first-order valence-electron chi connectivity index (χ1n) is 21.6. The second kappa shape index (κ2) is 27.5. The van der Waals surface area contributed by atoms with Gasteiger partial charge in [0.05, 0.1) is 19.5 Å². The zero-order valence-corrected chi connectivity index (χ0v) is 40.5. The van der Waals surface area contributed by atoms with E-state index in [0.29, 0.717) is 12.2 Å². The van der Waals surface area contributed by atoms with Gasteiger partial charge in [0.1, 0.15) is 36.3 Å². The molecule has 2 aromatic heterocycles. The van der Waals surface area contributed by atoms with Crippen molar-refractivity contribution < 1.29 is 80.5 Å². The third kappa shape index (κ3) is 20.8. The second-order valence-electron chi connectivity index (χ2n) is 16.3. The lowest BCUT2D eigenvalue weighted by molar-refractivity contribution is -0.137. The number of nitrogen functional groups attached to an aromatic ring is 1. The summed E-state index contributed by atoms with van der Waals surface area (Å²) in [6, 6.07) is 0. The van der Waals surface area contributed by atoms with Crippen LogP contribution in [0.1, 0.15) is 123 Å². The highest BCUT2D eigenvalue weighted by atomic mass is 32.2. The number of imidazole rings is 1. The number of hydrogen-bond donors (Lipinski definition) is 9. The Morgan fingerprint density at radius 2 is 1.48 bits per heavy atom. The Balaban J connectivity index is 1.32. The molecule has 1 fully saturated rings. The predicted molar refractivity (Wildman–Crippen MR) is 237 cm³/mol. The smallest absolute Gasteiger partial charge is 0.386 e. The number of ether oxygens (including phenoxy) is 1. The maximum Gasteiger partial charge on any atom is 0.481 e. The number of aliphatic hydroxyl groups excluding tert-OH is 2. The molecule has 0 aromatic carbocycles. The summed E-state index contributed by atoms with van der Waals surface area (Å²) < 4.78 is 62.4. The number of fused-ring (bicyclic) bond motifs is 1. The molecule has 10 N–H and O–H groups in total. The van der Waals surface area contributed by atoms with Gasteiger partial charge in [-0.25, -0.2) is 28.6 Å². The molecule has 28 heteroatoms. The molecule has 3 heterocycles. The number of carbonyl (C=O) groups excluding carboxylic acids is 3. The van der Waals surface area contributed by atoms with Gasteiger partial charge in [0.25, 0.3) is 0 Å². The number of nitrogens with two attached hydrogens (primary N) is 1. The van der Waals surface area contributed by atoms with E-state index in [0.717, 1.165) is 48.2 Å². The molecule has 65 heavy (non-hydrogen) atoms. The van der Waals surface area contributed by atoms with Crippen LogP contribution in [0, 0.1) is 5.41 Å². The number of aromatic nitrogens is 4. The number of thioether (sulfide) groups is 1. The molecule has 0 saturated carbocycles. The number of carbonyl (C=O) groups is 3. The Kier molecular flexibility index (Phi) is 24.1. The molecule has 3 rings (SSSR count). The van der Waals surface area contributed by atoms with E-state index in [9.17, 15) is 57.9 Å². The van der Waals surface area contributed by atoms with Crippen LogP contribution >= 0.6 is 35.2 Å². The highest BCUT2D eigenvalue weighted by molar-refractivity contribution is 8.13. The average molecular weight is 1010 g/mol. The first-order chi connectivity index (χ1) is 30.6. The van der Waals surface area contributed by atoms with Gasteiger partial charge in [0, 0.05) is 37.1 Å². The fraction of sp³-hybridized carbons (Fsp3) is 0.784. The van der Waals surface area contributed by atoms with Crippen molar-refractivity contribution in [2.45, 2.75) is 148 Å². The van der Waals surface area contributed by atoms with Crippen molar-refractivity contribution in [1.82, 2.24) is 30.2 Å². The first kappa shape index (κ1) is 56.9. The monoisotopic (exact) mass is 1010 g/mol. The van der Waals surface area contributed by atoms with Crippen LogP contribution in [0.15, 0.2) is 12.7 Å². The van der Waals surface area contributed by atoms with Crippen molar-refractivity contribution in [2.24, 2.45) is 5.41 Å². The molecular formula is C37H66N7O17P3S. The molecule has 0 radical (unpaired) electrons. The molecule has 2 aromatic rings. The SMILES string of the molecule is CCCCCCCCCCCCCCCC(=O)SCCNC(=O)CCNC(=O)[C@H](O)C(C)(C)COP(=O)(O)OP(=O)(O)OC[C@H]1O[C@@H](n2cnc3c(N)ncnc32)[C@@H](O)C1OP(=O)(O)O. The van der Waals surface area contributed by atoms with E-state index in [2.05, 4.69) is 41.3 Å². The van der Waals surface area contributed by atoms with Gasteiger partial charge in [0.15, 0.2) is 22.8 Å². The zero-order chi connectivity index (χ0) is 48.3. The normalized spacial score (nSPS) is 20.3. The number of unbranched alkanes of at least 4 members (excludes halogenated alkanes) is 12. The Hall–Kier alpha value is -2.44. The van der Waals surface area contributed by atoms with Crippen LogP contribution in [0.4, 0.5) is 5.82 Å². The largest absolute Gasteiger partial charge is 0.481 e. The Bertz CT molecular complexity index is 1960. The minimum atomic E-state index is -5.57. The summed E-state index contributed by atoms with van der Waals surface area (Å²) in [5, 5.41) is 26.6. The molecule has 0 bridgehead atoms. The number of hydrogen-bond acceptors (Lipinski definition) is 18. The lowest BCUT2D eigenvalue weighted by atomic mass is 9.87. The average Bonchev–Trinajstić information content (AvgIpc) is 3.79. The third-order valence-corrected chi connectivity index (χ3v) is 14.3. The summed E-state index contributed by atoms with van der Waals surface area (Å²) in [4.78, 5) is 88.3. The topological polar surface area (TPSA) is 364 Å². The van der Waals surface area contributed by atoms with Crippen LogP contribution in [0.2, 0.25) is 0 Å². The predicted octanol–water partition coefficient (Wildman–Crippen LogP) is 4.15. The van der Waals surface area contributed by atoms with Crippen molar-refractivity contribution in [3.63, 3.8) is 0 Å². The van der Waals surface area contributed by atoms with E-state index in [1.54, 1.807) is 0 Å². The van der Waals surface area contributed by atoms with Crippen LogP contribution in [-0.2, 0) is 50.7 Å². The number of phosphoric acid groups is 3. The quantitative estimate of drug-likeness (QED) is 0.0358. The standard InChI is InChI=1S/C37H66N7O17P3S/c1-4-5-6-7-8-9-10-11-12-13-14-15-16-17-28(46)65-21-20-39-27(45)18-19-40-35(49)32(48)37(2,3)23-58-64(55,56)61-63(53,54)57-22-26-31(60-62(50,51)52)30(47)36(59-26)44-25-43-29-33(38)41-24-42-34(29)44/h24-26,30-32,36,47-48H,4-23H2,1-3H3,(H,39,45)(H,40,49)(H,53,54)(H,55,56)(H2,38,41,42)(H2,50,51,52)/t26-,30+,31?,32+,36-/m1/s1. The maximum atomic E-state index is 12.7. The molecule has 3 unspecified atom stereocenters. The van der Waals surface area contributed by atoms with Crippen molar-refractivity contribution in [3.05, 3.63) is 12.7 Å². The molecule has 1 aliphatic rings. The Labute approximate surface area is 382 Å². The number of anilines is 1. The molecule has 0 aliphatic carbocycles. The summed E-state index contributed by atoms with van der Waals surface area (Å²) in [7, 11) is -16.4. The number of nitrogens with one attached hydrogen (secondary N) is 2. The van der Waals surface area contributed by atoms with Crippen LogP contribution < -0.4 is 16.4 Å². The van der Waals surface area contributed by atoms with Gasteiger partial charge in [-0.3, -0.25) is 32.5 Å². The van der Waals surface area contributed by atoms with Gasteiger partial charge in [-0.1, -0.05) is 110 Å². The minimum absolute atomic E-state index is 0.0338. The van der Waals surface area contributed by atoms with Gasteiger partial charge in [-0.05, 0) is 6.42 Å². The van der Waals surface area contributed by atoms with Crippen molar-refractivity contribution in [1.29, 1.82) is 0 Å².